The third-order valence-electron chi connectivity index (χ3n) is 4.73. The lowest BCUT2D eigenvalue weighted by Crippen LogP contribution is -2.17. The number of aromatic nitrogens is 3. The predicted octanol–water partition coefficient (Wildman–Crippen LogP) is 4.31. The normalized spacial score (nSPS) is 10.6. The van der Waals surface area contributed by atoms with Gasteiger partial charge < -0.3 is 10.2 Å². The first-order valence-electron chi connectivity index (χ1n) is 9.74. The summed E-state index contributed by atoms with van der Waals surface area (Å²) < 4.78 is 1.34. The highest BCUT2D eigenvalue weighted by atomic mass is 16.2. The monoisotopic (exact) mass is 397 g/mol. The maximum absolute atomic E-state index is 13.1. The zero-order valence-corrected chi connectivity index (χ0v) is 17.0. The van der Waals surface area contributed by atoms with Gasteiger partial charge in [-0.25, -0.2) is 0 Å². The van der Waals surface area contributed by atoms with Crippen LogP contribution < -0.4 is 10.2 Å². The highest BCUT2D eigenvalue weighted by Crippen LogP contribution is 2.20. The molecule has 0 spiro atoms. The van der Waals surface area contributed by atoms with Gasteiger partial charge in [-0.3, -0.25) is 4.79 Å². The lowest BCUT2D eigenvalue weighted by molar-refractivity contribution is 0.0947. The van der Waals surface area contributed by atoms with Gasteiger partial charge in [0.1, 0.15) is 0 Å². The molecule has 0 radical (unpaired) electrons. The van der Waals surface area contributed by atoms with Gasteiger partial charge in [0.15, 0.2) is 5.82 Å². The molecule has 0 amide bonds. The third kappa shape index (κ3) is 4.22. The number of hydrogen-bond donors (Lipinski definition) is 1. The first-order chi connectivity index (χ1) is 14.6. The number of carbonyl (C=O) groups is 1. The minimum Gasteiger partial charge on any atom is -0.378 e. The molecule has 4 rings (SSSR count). The lowest BCUT2D eigenvalue weighted by Gasteiger charge is -2.14. The fourth-order valence-electron chi connectivity index (χ4n) is 3.11. The number of benzene rings is 3. The van der Waals surface area contributed by atoms with Gasteiger partial charge >= 0.3 is 0 Å². The Labute approximate surface area is 175 Å². The average molecular weight is 397 g/mol. The van der Waals surface area contributed by atoms with Crippen molar-refractivity contribution in [2.45, 2.75) is 6.54 Å². The molecule has 0 atom stereocenters. The Bertz CT molecular complexity index is 1140. The van der Waals surface area contributed by atoms with Crippen LogP contribution >= 0.6 is 0 Å². The molecule has 30 heavy (non-hydrogen) atoms. The second-order valence-electron chi connectivity index (χ2n) is 7.13. The SMILES string of the molecule is CN(C)c1cccc(CNc2nc(-c3ccccc3)nn2C(=O)c2ccccc2)c1. The Morgan fingerprint density at radius 1 is 0.933 bits per heavy atom. The van der Waals surface area contributed by atoms with Crippen LogP contribution in [0.1, 0.15) is 15.9 Å². The van der Waals surface area contributed by atoms with E-state index in [1.165, 1.54) is 4.68 Å². The summed E-state index contributed by atoms with van der Waals surface area (Å²) >= 11 is 0. The largest absolute Gasteiger partial charge is 0.378 e. The molecule has 150 valence electrons. The Hall–Kier alpha value is -3.93. The maximum Gasteiger partial charge on any atom is 0.281 e. The zero-order chi connectivity index (χ0) is 20.9. The predicted molar refractivity (Wildman–Crippen MR) is 120 cm³/mol. The van der Waals surface area contributed by atoms with Crippen LogP contribution in [0.3, 0.4) is 0 Å². The van der Waals surface area contributed by atoms with E-state index < -0.39 is 0 Å². The first-order valence-corrected chi connectivity index (χ1v) is 9.74. The molecule has 0 aliphatic rings. The van der Waals surface area contributed by atoms with E-state index in [1.807, 2.05) is 74.8 Å². The van der Waals surface area contributed by atoms with E-state index in [0.29, 0.717) is 23.9 Å². The summed E-state index contributed by atoms with van der Waals surface area (Å²) in [5.74, 6) is 0.692. The molecule has 0 saturated heterocycles. The van der Waals surface area contributed by atoms with Crippen molar-refractivity contribution >= 4 is 17.5 Å². The average Bonchev–Trinajstić information content (AvgIpc) is 3.23. The zero-order valence-electron chi connectivity index (χ0n) is 17.0. The Morgan fingerprint density at radius 3 is 2.33 bits per heavy atom. The molecule has 6 heteroatoms. The van der Waals surface area contributed by atoms with Crippen molar-refractivity contribution in [2.24, 2.45) is 0 Å². The highest BCUT2D eigenvalue weighted by Gasteiger charge is 2.18. The standard InChI is InChI=1S/C24H23N5O/c1-28(2)21-15-9-10-18(16-21)17-25-24-26-22(19-11-5-3-6-12-19)27-29(24)23(30)20-13-7-4-8-14-20/h3-16H,17H2,1-2H3,(H,25,26,27). The fraction of sp³-hybridized carbons (Fsp3) is 0.125. The molecule has 4 aromatic rings. The van der Waals surface area contributed by atoms with Crippen molar-refractivity contribution in [1.82, 2.24) is 14.8 Å². The molecule has 0 fully saturated rings. The van der Waals surface area contributed by atoms with Crippen molar-refractivity contribution in [2.75, 3.05) is 24.3 Å². The lowest BCUT2D eigenvalue weighted by atomic mass is 10.2. The minimum absolute atomic E-state index is 0.227. The summed E-state index contributed by atoms with van der Waals surface area (Å²) in [4.78, 5) is 19.7. The molecule has 1 aromatic heterocycles. The van der Waals surface area contributed by atoms with Gasteiger partial charge in [0.25, 0.3) is 5.91 Å². The van der Waals surface area contributed by atoms with Crippen LogP contribution in [0.25, 0.3) is 11.4 Å². The van der Waals surface area contributed by atoms with Crippen LogP contribution in [-0.2, 0) is 6.54 Å². The van der Waals surface area contributed by atoms with Crippen LogP contribution in [0, 0.1) is 0 Å². The Morgan fingerprint density at radius 2 is 1.63 bits per heavy atom. The van der Waals surface area contributed by atoms with Gasteiger partial charge in [-0.1, -0.05) is 60.7 Å². The van der Waals surface area contributed by atoms with Gasteiger partial charge in [-0.15, -0.1) is 5.10 Å². The Balaban J connectivity index is 1.66. The van der Waals surface area contributed by atoms with E-state index in [1.54, 1.807) is 12.1 Å². The summed E-state index contributed by atoms with van der Waals surface area (Å²) in [5.41, 5.74) is 3.61. The van der Waals surface area contributed by atoms with E-state index in [-0.39, 0.29) is 5.91 Å². The third-order valence-corrected chi connectivity index (χ3v) is 4.73. The Kier molecular flexibility index (Phi) is 5.57. The fourth-order valence-corrected chi connectivity index (χ4v) is 3.11. The molecule has 6 nitrogen and oxygen atoms in total. The summed E-state index contributed by atoms with van der Waals surface area (Å²) in [6.07, 6.45) is 0. The number of hydrogen-bond acceptors (Lipinski definition) is 5. The van der Waals surface area contributed by atoms with Crippen LogP contribution in [0.15, 0.2) is 84.9 Å². The smallest absolute Gasteiger partial charge is 0.281 e. The van der Waals surface area contributed by atoms with Crippen molar-refractivity contribution in [3.63, 3.8) is 0 Å². The summed E-state index contributed by atoms with van der Waals surface area (Å²) in [6.45, 7) is 0.524. The van der Waals surface area contributed by atoms with E-state index in [2.05, 4.69) is 32.4 Å². The number of rotatable bonds is 6. The van der Waals surface area contributed by atoms with Crippen molar-refractivity contribution in [3.05, 3.63) is 96.1 Å². The van der Waals surface area contributed by atoms with Gasteiger partial charge in [0.05, 0.1) is 0 Å². The van der Waals surface area contributed by atoms with Crippen molar-refractivity contribution in [3.8, 4) is 11.4 Å². The molecule has 0 aliphatic carbocycles. The van der Waals surface area contributed by atoms with Gasteiger partial charge in [0, 0.05) is 37.5 Å². The molecule has 3 aromatic carbocycles. The molecular weight excluding hydrogens is 374 g/mol. The second kappa shape index (κ2) is 8.61. The molecular formula is C24H23N5O. The van der Waals surface area contributed by atoms with Gasteiger partial charge in [-0.2, -0.15) is 9.67 Å². The number of nitrogens with zero attached hydrogens (tertiary/aromatic N) is 4. The van der Waals surface area contributed by atoms with Crippen LogP contribution in [0.2, 0.25) is 0 Å². The topological polar surface area (TPSA) is 63.0 Å². The van der Waals surface area contributed by atoms with Crippen molar-refractivity contribution < 1.29 is 4.79 Å². The van der Waals surface area contributed by atoms with E-state index in [0.717, 1.165) is 16.8 Å². The van der Waals surface area contributed by atoms with Gasteiger partial charge in [0.2, 0.25) is 5.95 Å². The number of carbonyl (C=O) groups excluding carboxylic acids is 1. The summed E-state index contributed by atoms with van der Waals surface area (Å²) in [5, 5.41) is 7.79. The summed E-state index contributed by atoms with van der Waals surface area (Å²) in [7, 11) is 4.02. The summed E-state index contributed by atoms with van der Waals surface area (Å²) in [6, 6.07) is 27.0. The van der Waals surface area contributed by atoms with Crippen LogP contribution in [0.4, 0.5) is 11.6 Å². The van der Waals surface area contributed by atoms with Crippen LogP contribution in [0.5, 0.6) is 0 Å². The molecule has 1 N–H and O–H groups in total. The van der Waals surface area contributed by atoms with E-state index in [4.69, 9.17) is 0 Å². The quantitative estimate of drug-likeness (QED) is 0.525. The molecule has 1 heterocycles. The van der Waals surface area contributed by atoms with Crippen molar-refractivity contribution in [1.29, 1.82) is 0 Å². The number of nitrogens with one attached hydrogen (secondary N) is 1. The number of anilines is 2. The van der Waals surface area contributed by atoms with Gasteiger partial charge in [-0.05, 0) is 29.8 Å². The van der Waals surface area contributed by atoms with E-state index >= 15 is 0 Å². The molecule has 0 saturated carbocycles. The molecule has 0 aliphatic heterocycles. The molecule has 0 bridgehead atoms. The molecule has 0 unspecified atom stereocenters. The maximum atomic E-state index is 13.1. The second-order valence-corrected chi connectivity index (χ2v) is 7.13. The minimum atomic E-state index is -0.227. The highest BCUT2D eigenvalue weighted by molar-refractivity contribution is 5.97. The first kappa shape index (κ1) is 19.4. The van der Waals surface area contributed by atoms with E-state index in [9.17, 15) is 4.79 Å². The van der Waals surface area contributed by atoms with Crippen LogP contribution in [-0.4, -0.2) is 34.8 Å².